The number of rotatable bonds is 6. The SMILES string of the molecule is COc1ccc(CCC(=O)Nc2cc3c(cc2N)OCO3)cc1OC. The third-order valence-electron chi connectivity index (χ3n) is 3.91. The molecule has 0 atom stereocenters. The molecule has 1 aliphatic rings. The molecule has 0 saturated carbocycles. The third-order valence-corrected chi connectivity index (χ3v) is 3.91. The highest BCUT2D eigenvalue weighted by atomic mass is 16.7. The van der Waals surface area contributed by atoms with E-state index in [0.717, 1.165) is 5.56 Å². The van der Waals surface area contributed by atoms with E-state index in [9.17, 15) is 4.79 Å². The lowest BCUT2D eigenvalue weighted by Crippen LogP contribution is -2.13. The number of anilines is 2. The molecule has 0 spiro atoms. The summed E-state index contributed by atoms with van der Waals surface area (Å²) >= 11 is 0. The Balaban J connectivity index is 1.62. The monoisotopic (exact) mass is 344 g/mol. The molecular weight excluding hydrogens is 324 g/mol. The van der Waals surface area contributed by atoms with Gasteiger partial charge in [-0.2, -0.15) is 0 Å². The average Bonchev–Trinajstić information content (AvgIpc) is 3.07. The largest absolute Gasteiger partial charge is 0.493 e. The first-order valence-electron chi connectivity index (χ1n) is 7.80. The highest BCUT2D eigenvalue weighted by Gasteiger charge is 2.17. The Hall–Kier alpha value is -3.09. The van der Waals surface area contributed by atoms with E-state index in [4.69, 9.17) is 24.7 Å². The second kappa shape index (κ2) is 7.21. The summed E-state index contributed by atoms with van der Waals surface area (Å²) in [7, 11) is 3.16. The highest BCUT2D eigenvalue weighted by Crippen LogP contribution is 2.38. The van der Waals surface area contributed by atoms with Crippen LogP contribution in [-0.2, 0) is 11.2 Å². The minimum atomic E-state index is -0.139. The summed E-state index contributed by atoms with van der Waals surface area (Å²) in [6.07, 6.45) is 0.875. The molecule has 0 radical (unpaired) electrons. The van der Waals surface area contributed by atoms with Crippen LogP contribution in [-0.4, -0.2) is 26.9 Å². The maximum atomic E-state index is 12.2. The summed E-state index contributed by atoms with van der Waals surface area (Å²) in [6.45, 7) is 0.158. The highest BCUT2D eigenvalue weighted by molar-refractivity contribution is 5.94. The Morgan fingerprint density at radius 3 is 2.56 bits per heavy atom. The molecule has 0 aromatic heterocycles. The van der Waals surface area contributed by atoms with E-state index in [2.05, 4.69) is 5.32 Å². The molecule has 0 saturated heterocycles. The van der Waals surface area contributed by atoms with Gasteiger partial charge < -0.3 is 30.0 Å². The van der Waals surface area contributed by atoms with E-state index in [1.807, 2.05) is 18.2 Å². The number of hydrogen-bond acceptors (Lipinski definition) is 6. The first-order chi connectivity index (χ1) is 12.1. The van der Waals surface area contributed by atoms with Crippen LogP contribution in [0.4, 0.5) is 11.4 Å². The van der Waals surface area contributed by atoms with E-state index in [-0.39, 0.29) is 12.7 Å². The van der Waals surface area contributed by atoms with Crippen LogP contribution >= 0.6 is 0 Å². The number of methoxy groups -OCH3 is 2. The van der Waals surface area contributed by atoms with Crippen molar-refractivity contribution < 1.29 is 23.7 Å². The summed E-state index contributed by atoms with van der Waals surface area (Å²) in [5.41, 5.74) is 7.87. The molecule has 0 unspecified atom stereocenters. The Labute approximate surface area is 145 Å². The van der Waals surface area contributed by atoms with Gasteiger partial charge >= 0.3 is 0 Å². The first kappa shape index (κ1) is 16.8. The molecule has 1 aliphatic heterocycles. The zero-order chi connectivity index (χ0) is 17.8. The molecule has 0 fully saturated rings. The van der Waals surface area contributed by atoms with Gasteiger partial charge in [0, 0.05) is 18.6 Å². The normalized spacial score (nSPS) is 11.9. The molecule has 2 aromatic carbocycles. The van der Waals surface area contributed by atoms with Crippen LogP contribution in [0.2, 0.25) is 0 Å². The zero-order valence-electron chi connectivity index (χ0n) is 14.1. The molecule has 7 nitrogen and oxygen atoms in total. The van der Waals surface area contributed by atoms with Crippen LogP contribution in [0.25, 0.3) is 0 Å². The van der Waals surface area contributed by atoms with E-state index in [0.29, 0.717) is 47.2 Å². The molecule has 25 heavy (non-hydrogen) atoms. The first-order valence-corrected chi connectivity index (χ1v) is 7.80. The van der Waals surface area contributed by atoms with Gasteiger partial charge in [-0.25, -0.2) is 0 Å². The standard InChI is InChI=1S/C18H20N2O5/c1-22-14-5-3-11(7-15(14)23-2)4-6-18(21)20-13-9-17-16(8-12(13)19)24-10-25-17/h3,5,7-9H,4,6,10,19H2,1-2H3,(H,20,21). The molecule has 1 amide bonds. The molecule has 3 N–H and O–H groups in total. The minimum absolute atomic E-state index is 0.139. The van der Waals surface area contributed by atoms with Gasteiger partial charge in [-0.15, -0.1) is 0 Å². The van der Waals surface area contributed by atoms with Crippen molar-refractivity contribution in [2.75, 3.05) is 32.1 Å². The maximum Gasteiger partial charge on any atom is 0.231 e. The Bertz CT molecular complexity index is 791. The number of aryl methyl sites for hydroxylation is 1. The predicted molar refractivity (Wildman–Crippen MR) is 93.5 cm³/mol. The molecular formula is C18H20N2O5. The molecule has 0 aliphatic carbocycles. The lowest BCUT2D eigenvalue weighted by atomic mass is 10.1. The smallest absolute Gasteiger partial charge is 0.231 e. The predicted octanol–water partition coefficient (Wildman–Crippen LogP) is 2.59. The number of hydrogen-bond donors (Lipinski definition) is 2. The van der Waals surface area contributed by atoms with Crippen molar-refractivity contribution in [1.29, 1.82) is 0 Å². The van der Waals surface area contributed by atoms with Crippen molar-refractivity contribution in [2.24, 2.45) is 0 Å². The van der Waals surface area contributed by atoms with Gasteiger partial charge in [-0.1, -0.05) is 6.07 Å². The van der Waals surface area contributed by atoms with Gasteiger partial charge in [0.15, 0.2) is 23.0 Å². The second-order valence-corrected chi connectivity index (χ2v) is 5.53. The molecule has 132 valence electrons. The molecule has 3 rings (SSSR count). The molecule has 0 bridgehead atoms. The maximum absolute atomic E-state index is 12.2. The Kier molecular flexibility index (Phi) is 4.83. The van der Waals surface area contributed by atoms with Gasteiger partial charge in [0.1, 0.15) is 0 Å². The van der Waals surface area contributed by atoms with Crippen molar-refractivity contribution in [3.63, 3.8) is 0 Å². The quantitative estimate of drug-likeness (QED) is 0.783. The number of benzene rings is 2. The number of nitrogens with one attached hydrogen (secondary N) is 1. The van der Waals surface area contributed by atoms with Crippen LogP contribution in [0.3, 0.4) is 0 Å². The van der Waals surface area contributed by atoms with Gasteiger partial charge in [0.2, 0.25) is 12.7 Å². The average molecular weight is 344 g/mol. The van der Waals surface area contributed by atoms with Crippen molar-refractivity contribution in [2.45, 2.75) is 12.8 Å². The van der Waals surface area contributed by atoms with Crippen LogP contribution in [0.5, 0.6) is 23.0 Å². The fourth-order valence-corrected chi connectivity index (χ4v) is 2.57. The van der Waals surface area contributed by atoms with E-state index in [1.54, 1.807) is 26.4 Å². The second-order valence-electron chi connectivity index (χ2n) is 5.53. The van der Waals surface area contributed by atoms with Crippen LogP contribution in [0, 0.1) is 0 Å². The third kappa shape index (κ3) is 3.71. The summed E-state index contributed by atoms with van der Waals surface area (Å²) in [5.74, 6) is 2.31. The lowest BCUT2D eigenvalue weighted by molar-refractivity contribution is -0.116. The van der Waals surface area contributed by atoms with Crippen molar-refractivity contribution >= 4 is 17.3 Å². The molecule has 2 aromatic rings. The number of carbonyl (C=O) groups excluding carboxylic acids is 1. The number of nitrogens with two attached hydrogens (primary N) is 1. The number of carbonyl (C=O) groups is 1. The van der Waals surface area contributed by atoms with Crippen molar-refractivity contribution in [1.82, 2.24) is 0 Å². The Morgan fingerprint density at radius 2 is 1.84 bits per heavy atom. The Morgan fingerprint density at radius 1 is 1.12 bits per heavy atom. The van der Waals surface area contributed by atoms with Gasteiger partial charge in [0.25, 0.3) is 0 Å². The number of fused-ring (bicyclic) bond motifs is 1. The van der Waals surface area contributed by atoms with Crippen LogP contribution < -0.4 is 30.0 Å². The number of ether oxygens (including phenoxy) is 4. The van der Waals surface area contributed by atoms with E-state index < -0.39 is 0 Å². The summed E-state index contributed by atoms with van der Waals surface area (Å²) in [6, 6.07) is 8.91. The van der Waals surface area contributed by atoms with Crippen LogP contribution in [0.1, 0.15) is 12.0 Å². The van der Waals surface area contributed by atoms with Crippen LogP contribution in [0.15, 0.2) is 30.3 Å². The topological polar surface area (TPSA) is 92.0 Å². The number of nitrogen functional groups attached to an aromatic ring is 1. The fourth-order valence-electron chi connectivity index (χ4n) is 2.57. The van der Waals surface area contributed by atoms with E-state index >= 15 is 0 Å². The van der Waals surface area contributed by atoms with E-state index in [1.165, 1.54) is 0 Å². The zero-order valence-corrected chi connectivity index (χ0v) is 14.1. The summed E-state index contributed by atoms with van der Waals surface area (Å²) in [5, 5.41) is 2.81. The summed E-state index contributed by atoms with van der Waals surface area (Å²) in [4.78, 5) is 12.2. The summed E-state index contributed by atoms with van der Waals surface area (Å²) < 4.78 is 21.0. The lowest BCUT2D eigenvalue weighted by Gasteiger charge is -2.11. The number of amides is 1. The van der Waals surface area contributed by atoms with Gasteiger partial charge in [-0.05, 0) is 24.1 Å². The van der Waals surface area contributed by atoms with Gasteiger partial charge in [0.05, 0.1) is 25.6 Å². The minimum Gasteiger partial charge on any atom is -0.493 e. The molecule has 1 heterocycles. The molecule has 7 heteroatoms. The fraction of sp³-hybridized carbons (Fsp3) is 0.278. The van der Waals surface area contributed by atoms with Crippen molar-refractivity contribution in [3.05, 3.63) is 35.9 Å². The van der Waals surface area contributed by atoms with Crippen molar-refractivity contribution in [3.8, 4) is 23.0 Å². The van der Waals surface area contributed by atoms with Gasteiger partial charge in [-0.3, -0.25) is 4.79 Å².